The van der Waals surface area contributed by atoms with Crippen molar-refractivity contribution in [2.45, 2.75) is 13.8 Å². The fourth-order valence-corrected chi connectivity index (χ4v) is 5.63. The van der Waals surface area contributed by atoms with Gasteiger partial charge in [0.15, 0.2) is 0 Å². The average molecular weight is 475 g/mol. The van der Waals surface area contributed by atoms with Gasteiger partial charge in [-0.1, -0.05) is 66.2 Å². The highest BCUT2D eigenvalue weighted by molar-refractivity contribution is 7.17. The Kier molecular flexibility index (Phi) is 6.45. The van der Waals surface area contributed by atoms with Crippen molar-refractivity contribution < 1.29 is 0 Å². The van der Waals surface area contributed by atoms with Crippen LogP contribution < -0.4 is 4.90 Å². The van der Waals surface area contributed by atoms with Gasteiger partial charge in [0.2, 0.25) is 5.28 Å². The first-order valence-electron chi connectivity index (χ1n) is 11.3. The zero-order valence-electron chi connectivity index (χ0n) is 19.0. The summed E-state index contributed by atoms with van der Waals surface area (Å²) < 4.78 is 0. The second-order valence-electron chi connectivity index (χ2n) is 8.56. The number of hydrogen-bond acceptors (Lipinski definition) is 5. The van der Waals surface area contributed by atoms with E-state index in [2.05, 4.69) is 88.6 Å². The molecular formula is C27H27ClN4S. The van der Waals surface area contributed by atoms with E-state index in [1.165, 1.54) is 27.8 Å². The number of anilines is 1. The molecule has 1 saturated heterocycles. The van der Waals surface area contributed by atoms with Crippen LogP contribution in [0.3, 0.4) is 0 Å². The van der Waals surface area contributed by atoms with Gasteiger partial charge in [-0.2, -0.15) is 4.98 Å². The minimum absolute atomic E-state index is 0.319. The van der Waals surface area contributed by atoms with E-state index in [0.717, 1.165) is 48.8 Å². The molecule has 2 aromatic carbocycles. The number of fused-ring (bicyclic) bond motifs is 1. The molecule has 3 heterocycles. The molecule has 0 unspecified atom stereocenters. The van der Waals surface area contributed by atoms with E-state index in [1.807, 2.05) is 6.07 Å². The summed E-state index contributed by atoms with van der Waals surface area (Å²) in [5.74, 6) is 0.959. The zero-order chi connectivity index (χ0) is 22.8. The molecule has 6 heteroatoms. The number of aryl methyl sites for hydroxylation is 2. The highest BCUT2D eigenvalue weighted by atomic mass is 35.5. The van der Waals surface area contributed by atoms with Crippen molar-refractivity contribution in [2.24, 2.45) is 0 Å². The minimum atomic E-state index is 0.319. The van der Waals surface area contributed by atoms with Crippen LogP contribution >= 0.6 is 22.9 Å². The Morgan fingerprint density at radius 3 is 2.52 bits per heavy atom. The van der Waals surface area contributed by atoms with E-state index < -0.39 is 0 Å². The molecule has 0 spiro atoms. The van der Waals surface area contributed by atoms with E-state index in [-0.39, 0.29) is 0 Å². The van der Waals surface area contributed by atoms with Crippen LogP contribution in [0.5, 0.6) is 0 Å². The molecule has 1 fully saturated rings. The lowest BCUT2D eigenvalue weighted by atomic mass is 9.99. The summed E-state index contributed by atoms with van der Waals surface area (Å²) in [5.41, 5.74) is 6.22. The summed E-state index contributed by atoms with van der Waals surface area (Å²) in [4.78, 5) is 15.0. The predicted molar refractivity (Wildman–Crippen MR) is 141 cm³/mol. The van der Waals surface area contributed by atoms with Crippen molar-refractivity contribution in [3.05, 3.63) is 82.0 Å². The number of nitrogens with zero attached hydrogens (tertiary/aromatic N) is 4. The van der Waals surface area contributed by atoms with Gasteiger partial charge < -0.3 is 4.90 Å². The lowest BCUT2D eigenvalue weighted by Gasteiger charge is -2.35. The number of hydrogen-bond donors (Lipinski definition) is 0. The number of aromatic nitrogens is 2. The fourth-order valence-electron chi connectivity index (χ4n) is 4.49. The summed E-state index contributed by atoms with van der Waals surface area (Å²) in [6, 6.07) is 17.1. The normalized spacial score (nSPS) is 15.1. The Hall–Kier alpha value is -2.73. The van der Waals surface area contributed by atoms with Crippen molar-refractivity contribution in [3.8, 4) is 11.1 Å². The Morgan fingerprint density at radius 1 is 0.970 bits per heavy atom. The molecule has 0 aliphatic carbocycles. The number of halogens is 1. The van der Waals surface area contributed by atoms with Gasteiger partial charge in [0.25, 0.3) is 0 Å². The topological polar surface area (TPSA) is 32.3 Å². The van der Waals surface area contributed by atoms with Crippen molar-refractivity contribution in [2.75, 3.05) is 37.6 Å². The Bertz CT molecular complexity index is 1290. The molecule has 5 rings (SSSR count). The number of piperazine rings is 1. The second-order valence-corrected chi connectivity index (χ2v) is 9.76. The molecule has 2 aromatic heterocycles. The third-order valence-electron chi connectivity index (χ3n) is 6.20. The maximum Gasteiger partial charge on any atom is 0.225 e. The first kappa shape index (κ1) is 22.1. The highest BCUT2D eigenvalue weighted by Gasteiger charge is 2.23. The number of benzene rings is 2. The molecule has 1 aliphatic heterocycles. The molecule has 4 aromatic rings. The molecule has 168 valence electrons. The van der Waals surface area contributed by atoms with Crippen LogP contribution in [0.25, 0.3) is 27.4 Å². The molecule has 33 heavy (non-hydrogen) atoms. The van der Waals surface area contributed by atoms with Crippen molar-refractivity contribution in [3.63, 3.8) is 0 Å². The summed E-state index contributed by atoms with van der Waals surface area (Å²) in [6.45, 7) is 9.08. The van der Waals surface area contributed by atoms with Gasteiger partial charge >= 0.3 is 0 Å². The molecule has 0 atom stereocenters. The molecule has 0 amide bonds. The summed E-state index contributed by atoms with van der Waals surface area (Å²) in [7, 11) is 0. The van der Waals surface area contributed by atoms with Gasteiger partial charge in [-0.3, -0.25) is 4.90 Å². The van der Waals surface area contributed by atoms with Crippen LogP contribution in [-0.4, -0.2) is 47.6 Å². The third kappa shape index (κ3) is 4.81. The first-order chi connectivity index (χ1) is 16.1. The predicted octanol–water partition coefficient (Wildman–Crippen LogP) is 6.46. The molecule has 0 N–H and O–H groups in total. The quantitative estimate of drug-likeness (QED) is 0.310. The summed E-state index contributed by atoms with van der Waals surface area (Å²) in [5, 5.41) is 3.63. The Labute approximate surface area is 204 Å². The zero-order valence-corrected chi connectivity index (χ0v) is 20.5. The van der Waals surface area contributed by atoms with E-state index in [4.69, 9.17) is 16.6 Å². The highest BCUT2D eigenvalue weighted by Crippen LogP contribution is 2.40. The molecule has 1 aliphatic rings. The maximum absolute atomic E-state index is 6.34. The van der Waals surface area contributed by atoms with Gasteiger partial charge in [0.1, 0.15) is 10.6 Å². The van der Waals surface area contributed by atoms with Crippen molar-refractivity contribution in [1.82, 2.24) is 14.9 Å². The smallest absolute Gasteiger partial charge is 0.225 e. The summed E-state index contributed by atoms with van der Waals surface area (Å²) in [6.07, 6.45) is 4.45. The Balaban J connectivity index is 1.37. The van der Waals surface area contributed by atoms with Gasteiger partial charge in [0, 0.05) is 43.7 Å². The van der Waals surface area contributed by atoms with E-state index >= 15 is 0 Å². The number of thiophene rings is 1. The van der Waals surface area contributed by atoms with Gasteiger partial charge in [-0.15, -0.1) is 11.3 Å². The monoisotopic (exact) mass is 474 g/mol. The maximum atomic E-state index is 6.34. The van der Waals surface area contributed by atoms with Crippen LogP contribution in [0.15, 0.2) is 60.0 Å². The average Bonchev–Trinajstić information content (AvgIpc) is 3.23. The molecular weight excluding hydrogens is 448 g/mol. The van der Waals surface area contributed by atoms with Gasteiger partial charge in [-0.05, 0) is 42.1 Å². The van der Waals surface area contributed by atoms with Crippen LogP contribution in [0.1, 0.15) is 16.7 Å². The number of rotatable bonds is 5. The molecule has 4 nitrogen and oxygen atoms in total. The van der Waals surface area contributed by atoms with Crippen molar-refractivity contribution in [1.29, 1.82) is 0 Å². The Morgan fingerprint density at radius 2 is 1.76 bits per heavy atom. The standard InChI is InChI=1S/C27H27ClN4S/c1-19-10-11-22(20(2)17-19)23-18-33-26-24(23)25(29-27(28)30-26)32-15-13-31(14-16-32)12-6-9-21-7-4-3-5-8-21/h3-11,17-18H,12-16H2,1-2H3/b9-6+. The lowest BCUT2D eigenvalue weighted by molar-refractivity contribution is 0.284. The van der Waals surface area contributed by atoms with E-state index in [1.54, 1.807) is 11.3 Å². The van der Waals surface area contributed by atoms with Crippen LogP contribution in [-0.2, 0) is 0 Å². The van der Waals surface area contributed by atoms with Gasteiger partial charge in [-0.25, -0.2) is 4.98 Å². The molecule has 0 saturated carbocycles. The molecule has 0 radical (unpaired) electrons. The van der Waals surface area contributed by atoms with E-state index in [9.17, 15) is 0 Å². The lowest BCUT2D eigenvalue weighted by Crippen LogP contribution is -2.46. The largest absolute Gasteiger partial charge is 0.353 e. The minimum Gasteiger partial charge on any atom is -0.353 e. The molecule has 0 bridgehead atoms. The van der Waals surface area contributed by atoms with Crippen LogP contribution in [0, 0.1) is 13.8 Å². The van der Waals surface area contributed by atoms with Crippen LogP contribution in [0.4, 0.5) is 5.82 Å². The van der Waals surface area contributed by atoms with Crippen LogP contribution in [0.2, 0.25) is 5.28 Å². The van der Waals surface area contributed by atoms with E-state index in [0.29, 0.717) is 5.28 Å². The van der Waals surface area contributed by atoms with Crippen molar-refractivity contribution >= 4 is 45.0 Å². The second kappa shape index (κ2) is 9.64. The fraction of sp³-hybridized carbons (Fsp3) is 0.259. The first-order valence-corrected chi connectivity index (χ1v) is 12.6. The SMILES string of the molecule is Cc1ccc(-c2csc3nc(Cl)nc(N4CCN(C/C=C/c5ccccc5)CC4)c23)c(C)c1. The summed E-state index contributed by atoms with van der Waals surface area (Å²) >= 11 is 7.99. The van der Waals surface area contributed by atoms with Gasteiger partial charge in [0.05, 0.1) is 5.39 Å². The third-order valence-corrected chi connectivity index (χ3v) is 7.25.